The van der Waals surface area contributed by atoms with Gasteiger partial charge < -0.3 is 14.9 Å². The second kappa shape index (κ2) is 4.30. The monoisotopic (exact) mass is 227 g/mol. The Morgan fingerprint density at radius 3 is 2.75 bits per heavy atom. The Bertz CT molecular complexity index is 411. The number of imidazole rings is 1. The number of nitro groups is 1. The number of ether oxygens (including phenoxy) is 1. The van der Waals surface area contributed by atoms with Gasteiger partial charge in [-0.2, -0.15) is 0 Å². The van der Waals surface area contributed by atoms with Gasteiger partial charge in [-0.15, -0.1) is 0 Å². The van der Waals surface area contributed by atoms with Crippen molar-refractivity contribution in [2.75, 3.05) is 6.61 Å². The van der Waals surface area contributed by atoms with Crippen molar-refractivity contribution in [3.63, 3.8) is 0 Å². The van der Waals surface area contributed by atoms with Crippen LogP contribution >= 0.6 is 0 Å². The molecule has 0 aliphatic heterocycles. The van der Waals surface area contributed by atoms with E-state index >= 15 is 0 Å². The van der Waals surface area contributed by atoms with Gasteiger partial charge in [-0.05, 0) is 30.7 Å². The van der Waals surface area contributed by atoms with Gasteiger partial charge in [0.1, 0.15) is 11.7 Å². The van der Waals surface area contributed by atoms with E-state index in [1.807, 2.05) is 0 Å². The van der Waals surface area contributed by atoms with Crippen molar-refractivity contribution in [2.24, 2.45) is 0 Å². The Kier molecular flexibility index (Phi) is 3.26. The lowest BCUT2D eigenvalue weighted by atomic mass is 10.1. The van der Waals surface area contributed by atoms with Crippen molar-refractivity contribution < 1.29 is 14.5 Å². The summed E-state index contributed by atoms with van der Waals surface area (Å²) >= 11 is 0. The minimum Gasteiger partial charge on any atom is -0.464 e. The van der Waals surface area contributed by atoms with E-state index in [-0.39, 0.29) is 12.4 Å². The van der Waals surface area contributed by atoms with E-state index in [4.69, 9.17) is 4.74 Å². The highest BCUT2D eigenvalue weighted by molar-refractivity contribution is 5.77. The summed E-state index contributed by atoms with van der Waals surface area (Å²) < 4.78 is 6.24. The molecule has 16 heavy (non-hydrogen) atoms. The molecule has 0 spiro atoms. The van der Waals surface area contributed by atoms with Gasteiger partial charge in [0.15, 0.2) is 0 Å². The highest BCUT2D eigenvalue weighted by Gasteiger charge is 2.33. The number of nitrogens with zero attached hydrogens (tertiary/aromatic N) is 3. The minimum absolute atomic E-state index is 0.263. The van der Waals surface area contributed by atoms with Gasteiger partial charge in [0.25, 0.3) is 0 Å². The van der Waals surface area contributed by atoms with Crippen LogP contribution in [0.5, 0.6) is 0 Å². The summed E-state index contributed by atoms with van der Waals surface area (Å²) in [7, 11) is 0. The Balaban J connectivity index is 2.97. The fourth-order valence-corrected chi connectivity index (χ4v) is 1.13. The molecule has 88 valence electrons. The first-order valence-electron chi connectivity index (χ1n) is 4.75. The largest absolute Gasteiger partial charge is 0.464 e. The number of rotatable bonds is 4. The Morgan fingerprint density at radius 2 is 2.31 bits per heavy atom. The van der Waals surface area contributed by atoms with Gasteiger partial charge in [-0.1, -0.05) is 0 Å². The zero-order chi connectivity index (χ0) is 12.3. The predicted molar refractivity (Wildman–Crippen MR) is 54.8 cm³/mol. The van der Waals surface area contributed by atoms with E-state index < -0.39 is 16.4 Å². The van der Waals surface area contributed by atoms with Crippen molar-refractivity contribution in [2.45, 2.75) is 26.3 Å². The van der Waals surface area contributed by atoms with Crippen molar-refractivity contribution >= 4 is 11.8 Å². The maximum Gasteiger partial charge on any atom is 0.381 e. The van der Waals surface area contributed by atoms with Gasteiger partial charge >= 0.3 is 11.8 Å². The van der Waals surface area contributed by atoms with E-state index in [0.717, 1.165) is 0 Å². The Hall–Kier alpha value is -1.92. The molecule has 0 saturated heterocycles. The van der Waals surface area contributed by atoms with Crippen LogP contribution in [0.15, 0.2) is 12.5 Å². The van der Waals surface area contributed by atoms with Gasteiger partial charge in [0.2, 0.25) is 6.33 Å². The number of hydrogen-bond acceptors (Lipinski definition) is 5. The molecule has 0 aliphatic rings. The van der Waals surface area contributed by atoms with Crippen molar-refractivity contribution in [1.29, 1.82) is 0 Å². The van der Waals surface area contributed by atoms with Crippen molar-refractivity contribution in [3.05, 3.63) is 22.6 Å². The first-order chi connectivity index (χ1) is 7.39. The second-order valence-corrected chi connectivity index (χ2v) is 3.68. The second-order valence-electron chi connectivity index (χ2n) is 3.68. The van der Waals surface area contributed by atoms with Crippen LogP contribution in [-0.4, -0.2) is 27.1 Å². The summed E-state index contributed by atoms with van der Waals surface area (Å²) in [6, 6.07) is 0. The summed E-state index contributed by atoms with van der Waals surface area (Å²) in [6.45, 7) is 5.18. The molecule has 0 amide bonds. The molecule has 1 aromatic rings. The minimum atomic E-state index is -1.00. The average molecular weight is 227 g/mol. The molecule has 0 saturated carbocycles. The van der Waals surface area contributed by atoms with Crippen LogP contribution in [0.4, 0.5) is 5.82 Å². The Labute approximate surface area is 92.2 Å². The van der Waals surface area contributed by atoms with Crippen LogP contribution in [-0.2, 0) is 15.1 Å². The molecule has 0 radical (unpaired) electrons. The lowest BCUT2D eigenvalue weighted by molar-refractivity contribution is -0.389. The Morgan fingerprint density at radius 1 is 1.69 bits per heavy atom. The number of carbonyl (C=O) groups excluding carboxylic acids is 1. The van der Waals surface area contributed by atoms with E-state index in [1.165, 1.54) is 17.1 Å². The summed E-state index contributed by atoms with van der Waals surface area (Å²) in [4.78, 5) is 25.0. The fraction of sp³-hybridized carbons (Fsp3) is 0.556. The topological polar surface area (TPSA) is 87.3 Å². The van der Waals surface area contributed by atoms with Gasteiger partial charge in [-0.3, -0.25) is 4.57 Å². The van der Waals surface area contributed by atoms with Gasteiger partial charge in [-0.25, -0.2) is 4.79 Å². The molecule has 1 aromatic heterocycles. The van der Waals surface area contributed by atoms with E-state index in [1.54, 1.807) is 20.8 Å². The van der Waals surface area contributed by atoms with Crippen LogP contribution < -0.4 is 0 Å². The third-order valence-corrected chi connectivity index (χ3v) is 2.18. The molecule has 0 fully saturated rings. The molecule has 0 unspecified atom stereocenters. The normalized spacial score (nSPS) is 11.2. The van der Waals surface area contributed by atoms with Crippen LogP contribution in [0.2, 0.25) is 0 Å². The van der Waals surface area contributed by atoms with Crippen molar-refractivity contribution in [3.8, 4) is 0 Å². The third-order valence-electron chi connectivity index (χ3n) is 2.18. The third kappa shape index (κ3) is 2.18. The molecule has 0 aromatic carbocycles. The standard InChI is InChI=1S/C9H13N3O4/c1-4-16-8(13)9(2,3)11-5-7(10-6-11)12(14)15/h5-6H,4H2,1-3H3. The summed E-state index contributed by atoms with van der Waals surface area (Å²) in [5, 5.41) is 10.5. The van der Waals surface area contributed by atoms with E-state index in [2.05, 4.69) is 4.98 Å². The number of aromatic nitrogens is 2. The molecular weight excluding hydrogens is 214 g/mol. The lowest BCUT2D eigenvalue weighted by Gasteiger charge is -2.22. The quantitative estimate of drug-likeness (QED) is 0.436. The van der Waals surface area contributed by atoms with E-state index in [0.29, 0.717) is 0 Å². The highest BCUT2D eigenvalue weighted by atomic mass is 16.6. The van der Waals surface area contributed by atoms with Crippen LogP contribution in [0.1, 0.15) is 20.8 Å². The van der Waals surface area contributed by atoms with Crippen LogP contribution in [0, 0.1) is 10.1 Å². The highest BCUT2D eigenvalue weighted by Crippen LogP contribution is 2.19. The first-order valence-corrected chi connectivity index (χ1v) is 4.75. The maximum atomic E-state index is 11.6. The molecule has 1 heterocycles. The van der Waals surface area contributed by atoms with Crippen LogP contribution in [0.3, 0.4) is 0 Å². The molecule has 0 bridgehead atoms. The fourth-order valence-electron chi connectivity index (χ4n) is 1.13. The van der Waals surface area contributed by atoms with Gasteiger partial charge in [0.05, 0.1) is 6.61 Å². The summed E-state index contributed by atoms with van der Waals surface area (Å²) in [6.07, 6.45) is 2.45. The SMILES string of the molecule is CCOC(=O)C(C)(C)n1cnc([N+](=O)[O-])c1. The molecule has 0 aliphatic carbocycles. The van der Waals surface area contributed by atoms with Crippen molar-refractivity contribution in [1.82, 2.24) is 9.55 Å². The molecule has 7 nitrogen and oxygen atoms in total. The lowest BCUT2D eigenvalue weighted by Crippen LogP contribution is -2.36. The average Bonchev–Trinajstić information content (AvgIpc) is 2.67. The first kappa shape index (κ1) is 12.2. The smallest absolute Gasteiger partial charge is 0.381 e. The molecule has 1 rings (SSSR count). The van der Waals surface area contributed by atoms with E-state index in [9.17, 15) is 14.9 Å². The summed E-state index contributed by atoms with van der Waals surface area (Å²) in [5.74, 6) is -0.750. The molecule has 0 N–H and O–H groups in total. The number of carbonyl (C=O) groups is 1. The molecule has 7 heteroatoms. The predicted octanol–water partition coefficient (Wildman–Crippen LogP) is 1.09. The van der Waals surface area contributed by atoms with Gasteiger partial charge in [0, 0.05) is 0 Å². The molecular formula is C9H13N3O4. The number of esters is 1. The van der Waals surface area contributed by atoms with Crippen LogP contribution in [0.25, 0.3) is 0 Å². The zero-order valence-electron chi connectivity index (χ0n) is 9.34. The molecule has 0 atom stereocenters. The maximum absolute atomic E-state index is 11.6. The number of hydrogen-bond donors (Lipinski definition) is 0. The summed E-state index contributed by atoms with van der Waals surface area (Å²) in [5.41, 5.74) is -1.00. The zero-order valence-corrected chi connectivity index (χ0v) is 9.34.